The number of aromatic nitrogens is 5. The highest BCUT2D eigenvalue weighted by Crippen LogP contribution is 2.31. The molecule has 2 fully saturated rings. The van der Waals surface area contributed by atoms with Crippen LogP contribution < -0.4 is 26.6 Å². The number of nitrogens with zero attached hydrogens (tertiary/aromatic N) is 7. The number of fused-ring (bicyclic) bond motifs is 1. The third-order valence-electron chi connectivity index (χ3n) is 7.41. The van der Waals surface area contributed by atoms with E-state index in [4.69, 9.17) is 26.2 Å². The van der Waals surface area contributed by atoms with E-state index >= 15 is 0 Å². The summed E-state index contributed by atoms with van der Waals surface area (Å²) in [6.07, 6.45) is 4.86. The van der Waals surface area contributed by atoms with Gasteiger partial charge in [-0.2, -0.15) is 0 Å². The van der Waals surface area contributed by atoms with E-state index in [1.54, 1.807) is 6.20 Å². The number of amides is 1. The van der Waals surface area contributed by atoms with Crippen LogP contribution in [0.4, 0.5) is 23.3 Å². The highest BCUT2D eigenvalue weighted by molar-refractivity contribution is 6.07. The Hall–Kier alpha value is -4.42. The number of hydrogen-bond acceptors (Lipinski definition) is 11. The van der Waals surface area contributed by atoms with Gasteiger partial charge in [0, 0.05) is 43.3 Å². The summed E-state index contributed by atoms with van der Waals surface area (Å²) in [4.78, 5) is 40.8. The second-order valence-corrected chi connectivity index (χ2v) is 10.4. The number of pyridine rings is 1. The smallest absolute Gasteiger partial charge is 0.279 e. The van der Waals surface area contributed by atoms with Crippen LogP contribution in [0.25, 0.3) is 22.3 Å². The molecule has 3 aromatic heterocycles. The second kappa shape index (κ2) is 10.6. The lowest BCUT2D eigenvalue weighted by molar-refractivity contribution is 0.102. The van der Waals surface area contributed by atoms with Gasteiger partial charge in [0.25, 0.3) is 5.91 Å². The maximum Gasteiger partial charge on any atom is 0.279 e. The van der Waals surface area contributed by atoms with Gasteiger partial charge in [0.15, 0.2) is 17.3 Å². The van der Waals surface area contributed by atoms with Gasteiger partial charge in [-0.3, -0.25) is 4.79 Å². The van der Waals surface area contributed by atoms with Crippen LogP contribution >= 0.6 is 0 Å². The van der Waals surface area contributed by atoms with Crippen molar-refractivity contribution in [2.45, 2.75) is 25.3 Å². The lowest BCUT2D eigenvalue weighted by Gasteiger charge is -2.38. The first-order valence-corrected chi connectivity index (χ1v) is 13.4. The number of nitrogen functional groups attached to an aromatic ring is 1. The van der Waals surface area contributed by atoms with E-state index in [9.17, 15) is 4.79 Å². The van der Waals surface area contributed by atoms with Crippen LogP contribution in [0.1, 0.15) is 30.3 Å². The number of benzene rings is 1. The molecule has 0 aliphatic carbocycles. The molecule has 0 unspecified atom stereocenters. The van der Waals surface area contributed by atoms with Crippen molar-refractivity contribution in [3.63, 3.8) is 0 Å². The molecule has 0 bridgehead atoms. The van der Waals surface area contributed by atoms with Crippen molar-refractivity contribution in [1.82, 2.24) is 24.9 Å². The summed E-state index contributed by atoms with van der Waals surface area (Å²) in [5.41, 5.74) is 14.9. The molecule has 5 heterocycles. The molecule has 0 atom stereocenters. The van der Waals surface area contributed by atoms with E-state index in [0.717, 1.165) is 42.5 Å². The van der Waals surface area contributed by atoms with Crippen LogP contribution in [0, 0.1) is 0 Å². The largest absolute Gasteiger partial charge is 0.382 e. The Kier molecular flexibility index (Phi) is 6.86. The van der Waals surface area contributed by atoms with Gasteiger partial charge in [0.1, 0.15) is 11.4 Å². The number of carbonyl (C=O) groups is 1. The number of ether oxygens (including phenoxy) is 1. The predicted molar refractivity (Wildman–Crippen MR) is 154 cm³/mol. The van der Waals surface area contributed by atoms with Gasteiger partial charge in [-0.15, -0.1) is 0 Å². The standard InChI is InChI=1S/C28H32N10O2/c1-28(30)8-11-37(12-9-28)21-7-4-10-31-25(21)36-26(39)23-24(29)32-17-20(33-23)22-18-5-2-3-6-19(18)34-27(35-22)38-13-15-40-16-14-38/h2-7,10,17H,8-9,11-16,30H2,1H3,(H2,29,32)(H,31,36,39). The Morgan fingerprint density at radius 3 is 2.55 bits per heavy atom. The SMILES string of the molecule is CC1(N)CCN(c2cccnc2NC(=O)c2nc(-c3nc(N4CCOCC4)nc4ccccc34)cnc2N)CC1. The van der Waals surface area contributed by atoms with Crippen LogP contribution in [0.3, 0.4) is 0 Å². The molecule has 1 amide bonds. The number of hydrogen-bond donors (Lipinski definition) is 3. The summed E-state index contributed by atoms with van der Waals surface area (Å²) in [6.45, 7) is 6.19. The summed E-state index contributed by atoms with van der Waals surface area (Å²) in [6, 6.07) is 11.5. The third-order valence-corrected chi connectivity index (χ3v) is 7.41. The van der Waals surface area contributed by atoms with Crippen LogP contribution in [0.5, 0.6) is 0 Å². The number of morpholine rings is 1. The molecule has 5 N–H and O–H groups in total. The Labute approximate surface area is 231 Å². The van der Waals surface area contributed by atoms with Crippen molar-refractivity contribution in [3.8, 4) is 11.4 Å². The summed E-state index contributed by atoms with van der Waals surface area (Å²) >= 11 is 0. The molecule has 0 radical (unpaired) electrons. The number of nitrogens with one attached hydrogen (secondary N) is 1. The van der Waals surface area contributed by atoms with Crippen LogP contribution in [-0.2, 0) is 4.74 Å². The molecular formula is C28H32N10O2. The molecule has 0 spiro atoms. The number of rotatable bonds is 5. The summed E-state index contributed by atoms with van der Waals surface area (Å²) in [7, 11) is 0. The average molecular weight is 541 g/mol. The lowest BCUT2D eigenvalue weighted by atomic mass is 9.91. The fourth-order valence-electron chi connectivity index (χ4n) is 5.02. The van der Waals surface area contributed by atoms with Gasteiger partial charge in [0.2, 0.25) is 5.95 Å². The zero-order valence-corrected chi connectivity index (χ0v) is 22.4. The quantitative estimate of drug-likeness (QED) is 0.341. The van der Waals surface area contributed by atoms with Gasteiger partial charge in [0.05, 0.1) is 30.6 Å². The van der Waals surface area contributed by atoms with E-state index in [1.807, 2.05) is 36.4 Å². The van der Waals surface area contributed by atoms with E-state index in [1.165, 1.54) is 6.20 Å². The third kappa shape index (κ3) is 5.23. The Balaban J connectivity index is 1.33. The predicted octanol–water partition coefficient (Wildman–Crippen LogP) is 2.47. The van der Waals surface area contributed by atoms with Crippen LogP contribution in [0.15, 0.2) is 48.8 Å². The fraction of sp³-hybridized carbons (Fsp3) is 0.357. The average Bonchev–Trinajstić information content (AvgIpc) is 2.98. The van der Waals surface area contributed by atoms with Crippen LogP contribution in [-0.4, -0.2) is 75.8 Å². The van der Waals surface area contributed by atoms with Crippen LogP contribution in [0.2, 0.25) is 0 Å². The molecule has 0 saturated carbocycles. The molecule has 12 heteroatoms. The molecule has 2 aliphatic rings. The van der Waals surface area contributed by atoms with Gasteiger partial charge >= 0.3 is 0 Å². The molecule has 2 aliphatic heterocycles. The fourth-order valence-corrected chi connectivity index (χ4v) is 5.02. The second-order valence-electron chi connectivity index (χ2n) is 10.4. The molecule has 12 nitrogen and oxygen atoms in total. The van der Waals surface area contributed by atoms with E-state index in [0.29, 0.717) is 49.5 Å². The van der Waals surface area contributed by atoms with Crippen molar-refractivity contribution < 1.29 is 9.53 Å². The maximum atomic E-state index is 13.5. The summed E-state index contributed by atoms with van der Waals surface area (Å²) < 4.78 is 5.49. The lowest BCUT2D eigenvalue weighted by Crippen LogP contribution is -2.48. The minimum atomic E-state index is -0.501. The minimum Gasteiger partial charge on any atom is -0.382 e. The monoisotopic (exact) mass is 540 g/mol. The number of para-hydroxylation sites is 1. The Morgan fingerprint density at radius 2 is 1.75 bits per heavy atom. The highest BCUT2D eigenvalue weighted by Gasteiger charge is 2.28. The zero-order chi connectivity index (χ0) is 27.7. The van der Waals surface area contributed by atoms with Gasteiger partial charge in [-0.05, 0) is 38.0 Å². The highest BCUT2D eigenvalue weighted by atomic mass is 16.5. The molecule has 6 rings (SSSR count). The molecular weight excluding hydrogens is 508 g/mol. The minimum absolute atomic E-state index is 0.00195. The number of anilines is 4. The first kappa shape index (κ1) is 25.8. The number of carbonyl (C=O) groups excluding carboxylic acids is 1. The normalized spacial score (nSPS) is 17.1. The zero-order valence-electron chi connectivity index (χ0n) is 22.4. The first-order valence-electron chi connectivity index (χ1n) is 13.4. The van der Waals surface area contributed by atoms with Crippen molar-refractivity contribution in [3.05, 3.63) is 54.5 Å². The molecule has 40 heavy (non-hydrogen) atoms. The Morgan fingerprint density at radius 1 is 0.975 bits per heavy atom. The summed E-state index contributed by atoms with van der Waals surface area (Å²) in [5, 5.41) is 3.70. The molecule has 4 aromatic rings. The number of nitrogens with two attached hydrogens (primary N) is 2. The van der Waals surface area contributed by atoms with Crippen molar-refractivity contribution >= 4 is 40.1 Å². The maximum absolute atomic E-state index is 13.5. The van der Waals surface area contributed by atoms with Crippen molar-refractivity contribution in [2.75, 3.05) is 60.2 Å². The van der Waals surface area contributed by atoms with Gasteiger partial charge in [-0.25, -0.2) is 24.9 Å². The van der Waals surface area contributed by atoms with Crippen molar-refractivity contribution in [1.29, 1.82) is 0 Å². The Bertz CT molecular complexity index is 1540. The molecule has 206 valence electrons. The number of piperidine rings is 1. The van der Waals surface area contributed by atoms with Gasteiger partial charge in [-0.1, -0.05) is 18.2 Å². The van der Waals surface area contributed by atoms with Gasteiger partial charge < -0.3 is 31.3 Å². The van der Waals surface area contributed by atoms with E-state index in [2.05, 4.69) is 37.0 Å². The topological polar surface area (TPSA) is 161 Å². The van der Waals surface area contributed by atoms with E-state index in [-0.39, 0.29) is 17.1 Å². The first-order chi connectivity index (χ1) is 19.4. The molecule has 2 saturated heterocycles. The summed E-state index contributed by atoms with van der Waals surface area (Å²) in [5.74, 6) is 0.526. The van der Waals surface area contributed by atoms with Crippen molar-refractivity contribution in [2.24, 2.45) is 5.73 Å². The van der Waals surface area contributed by atoms with E-state index < -0.39 is 5.91 Å². The molecule has 1 aromatic carbocycles.